The van der Waals surface area contributed by atoms with Crippen molar-refractivity contribution in [3.05, 3.63) is 54.1 Å². The van der Waals surface area contributed by atoms with Crippen LogP contribution in [0.1, 0.15) is 48.9 Å². The second-order valence-electron chi connectivity index (χ2n) is 7.43. The van der Waals surface area contributed by atoms with Crippen molar-refractivity contribution in [3.8, 4) is 5.75 Å². The van der Waals surface area contributed by atoms with E-state index in [2.05, 4.69) is 10.0 Å². The zero-order chi connectivity index (χ0) is 19.6. The van der Waals surface area contributed by atoms with Gasteiger partial charge in [0.25, 0.3) is 5.91 Å². The summed E-state index contributed by atoms with van der Waals surface area (Å²) in [4.78, 5) is 12.7. The van der Waals surface area contributed by atoms with E-state index in [1.165, 1.54) is 37.1 Å². The van der Waals surface area contributed by atoms with Gasteiger partial charge in [0.1, 0.15) is 5.75 Å². The van der Waals surface area contributed by atoms with Gasteiger partial charge in [-0.3, -0.25) is 4.79 Å². The van der Waals surface area contributed by atoms with E-state index in [0.29, 0.717) is 11.3 Å². The standard InChI is InChI=1S/C21H24N2O4S/c24-21(15-8-12-20(13-9-15)28(25,26)23-16-10-11-16)22-17-4-3-7-19(14-17)27-18-5-1-2-6-18/h3-4,7-9,12-14,16,18,23H,1-2,5-6,10-11H2,(H,22,24). The van der Waals surface area contributed by atoms with Gasteiger partial charge in [0.05, 0.1) is 11.0 Å². The van der Waals surface area contributed by atoms with Gasteiger partial charge in [-0.1, -0.05) is 6.07 Å². The molecule has 2 aliphatic rings. The number of benzene rings is 2. The highest BCUT2D eigenvalue weighted by molar-refractivity contribution is 7.89. The molecule has 0 radical (unpaired) electrons. The van der Waals surface area contributed by atoms with E-state index in [-0.39, 0.29) is 22.9 Å². The van der Waals surface area contributed by atoms with Crippen LogP contribution in [0.15, 0.2) is 53.4 Å². The largest absolute Gasteiger partial charge is 0.490 e. The minimum absolute atomic E-state index is 0.0479. The van der Waals surface area contributed by atoms with Crippen molar-refractivity contribution in [3.63, 3.8) is 0 Å². The summed E-state index contributed by atoms with van der Waals surface area (Å²) < 4.78 is 33.0. The van der Waals surface area contributed by atoms with Crippen molar-refractivity contribution in [2.24, 2.45) is 0 Å². The van der Waals surface area contributed by atoms with Crippen LogP contribution < -0.4 is 14.8 Å². The Hall–Kier alpha value is -2.38. The molecule has 2 N–H and O–H groups in total. The molecule has 0 atom stereocenters. The van der Waals surface area contributed by atoms with Crippen LogP contribution in [0.5, 0.6) is 5.75 Å². The van der Waals surface area contributed by atoms with Crippen LogP contribution in [0, 0.1) is 0 Å². The lowest BCUT2D eigenvalue weighted by Gasteiger charge is -2.14. The van der Waals surface area contributed by atoms with Crippen molar-refractivity contribution in [1.82, 2.24) is 4.72 Å². The molecule has 6 nitrogen and oxygen atoms in total. The second-order valence-corrected chi connectivity index (χ2v) is 9.14. The predicted octanol–water partition coefficient (Wildman–Crippen LogP) is 3.70. The number of rotatable bonds is 7. The highest BCUT2D eigenvalue weighted by Gasteiger charge is 2.28. The number of carbonyl (C=O) groups excluding carboxylic acids is 1. The van der Waals surface area contributed by atoms with E-state index in [4.69, 9.17) is 4.74 Å². The average molecular weight is 401 g/mol. The first-order valence-corrected chi connectivity index (χ1v) is 11.2. The predicted molar refractivity (Wildman–Crippen MR) is 107 cm³/mol. The summed E-state index contributed by atoms with van der Waals surface area (Å²) in [6.07, 6.45) is 6.55. The van der Waals surface area contributed by atoms with Crippen LogP contribution in [-0.4, -0.2) is 26.5 Å². The minimum atomic E-state index is -3.51. The first-order valence-electron chi connectivity index (χ1n) is 9.70. The highest BCUT2D eigenvalue weighted by Crippen LogP contribution is 2.26. The van der Waals surface area contributed by atoms with E-state index in [9.17, 15) is 13.2 Å². The van der Waals surface area contributed by atoms with Crippen molar-refractivity contribution in [2.45, 2.75) is 55.6 Å². The van der Waals surface area contributed by atoms with Gasteiger partial charge in [-0.25, -0.2) is 13.1 Å². The molecule has 0 spiro atoms. The van der Waals surface area contributed by atoms with Crippen LogP contribution in [0.3, 0.4) is 0 Å². The van der Waals surface area contributed by atoms with Crippen molar-refractivity contribution in [2.75, 3.05) is 5.32 Å². The molecule has 2 aromatic carbocycles. The number of sulfonamides is 1. The monoisotopic (exact) mass is 400 g/mol. The maximum absolute atomic E-state index is 12.5. The Balaban J connectivity index is 1.40. The quantitative estimate of drug-likeness (QED) is 0.742. The van der Waals surface area contributed by atoms with Crippen LogP contribution in [0.4, 0.5) is 5.69 Å². The normalized spacial score (nSPS) is 17.4. The lowest BCUT2D eigenvalue weighted by molar-refractivity contribution is 0.102. The highest BCUT2D eigenvalue weighted by atomic mass is 32.2. The molecule has 0 aliphatic heterocycles. The molecule has 4 rings (SSSR count). The molecule has 0 heterocycles. The van der Waals surface area contributed by atoms with E-state index >= 15 is 0 Å². The van der Waals surface area contributed by atoms with Gasteiger partial charge in [-0.05, 0) is 74.9 Å². The topological polar surface area (TPSA) is 84.5 Å². The molecule has 0 saturated heterocycles. The summed E-state index contributed by atoms with van der Waals surface area (Å²) in [5.41, 5.74) is 1.04. The van der Waals surface area contributed by atoms with Crippen LogP contribution in [0.25, 0.3) is 0 Å². The van der Waals surface area contributed by atoms with Crippen molar-refractivity contribution >= 4 is 21.6 Å². The molecule has 0 aromatic heterocycles. The smallest absolute Gasteiger partial charge is 0.255 e. The molecule has 2 aromatic rings. The van der Waals surface area contributed by atoms with Gasteiger partial charge < -0.3 is 10.1 Å². The summed E-state index contributed by atoms with van der Waals surface area (Å²) in [5.74, 6) is 0.453. The molecule has 148 valence electrons. The fourth-order valence-electron chi connectivity index (χ4n) is 3.32. The zero-order valence-electron chi connectivity index (χ0n) is 15.6. The SMILES string of the molecule is O=C(Nc1cccc(OC2CCCC2)c1)c1ccc(S(=O)(=O)NC2CC2)cc1. The molecule has 2 aliphatic carbocycles. The van der Waals surface area contributed by atoms with Gasteiger partial charge in [-0.2, -0.15) is 0 Å². The van der Waals surface area contributed by atoms with Crippen LogP contribution in [0.2, 0.25) is 0 Å². The maximum atomic E-state index is 12.5. The minimum Gasteiger partial charge on any atom is -0.490 e. The Morgan fingerprint density at radius 3 is 2.36 bits per heavy atom. The summed E-state index contributed by atoms with van der Waals surface area (Å²) in [6, 6.07) is 13.4. The number of nitrogens with one attached hydrogen (secondary N) is 2. The summed E-state index contributed by atoms with van der Waals surface area (Å²) in [6.45, 7) is 0. The molecule has 28 heavy (non-hydrogen) atoms. The Kier molecular flexibility index (Phi) is 5.37. The van der Waals surface area contributed by atoms with Gasteiger partial charge in [0.2, 0.25) is 10.0 Å². The lowest BCUT2D eigenvalue weighted by Crippen LogP contribution is -2.25. The summed E-state index contributed by atoms with van der Waals surface area (Å²) in [7, 11) is -3.51. The number of hydrogen-bond donors (Lipinski definition) is 2. The Labute approximate surface area is 165 Å². The lowest BCUT2D eigenvalue weighted by atomic mass is 10.2. The average Bonchev–Trinajstić information content (AvgIpc) is 3.33. The summed E-state index contributed by atoms with van der Waals surface area (Å²) in [5, 5.41) is 2.84. The van der Waals surface area contributed by atoms with Gasteiger partial charge in [0, 0.05) is 23.4 Å². The fourth-order valence-corrected chi connectivity index (χ4v) is 4.63. The molecule has 2 saturated carbocycles. The molecule has 2 fully saturated rings. The summed E-state index contributed by atoms with van der Waals surface area (Å²) >= 11 is 0. The molecule has 7 heteroatoms. The van der Waals surface area contributed by atoms with Gasteiger partial charge in [0.15, 0.2) is 0 Å². The number of carbonyl (C=O) groups is 1. The van der Waals surface area contributed by atoms with E-state index in [0.717, 1.165) is 31.4 Å². The van der Waals surface area contributed by atoms with E-state index < -0.39 is 10.0 Å². The third-order valence-electron chi connectivity index (χ3n) is 5.02. The number of anilines is 1. The molecule has 0 bridgehead atoms. The van der Waals surface area contributed by atoms with Crippen molar-refractivity contribution < 1.29 is 17.9 Å². The Bertz CT molecular complexity index is 947. The number of amides is 1. The molecule has 1 amide bonds. The molecule has 0 unspecified atom stereocenters. The number of hydrogen-bond acceptors (Lipinski definition) is 4. The van der Waals surface area contributed by atoms with Crippen molar-refractivity contribution in [1.29, 1.82) is 0 Å². The Morgan fingerprint density at radius 1 is 0.964 bits per heavy atom. The fraction of sp³-hybridized carbons (Fsp3) is 0.381. The van der Waals surface area contributed by atoms with E-state index in [1.807, 2.05) is 18.2 Å². The first kappa shape index (κ1) is 19.0. The van der Waals surface area contributed by atoms with Gasteiger partial charge >= 0.3 is 0 Å². The van der Waals surface area contributed by atoms with Crippen LogP contribution >= 0.6 is 0 Å². The third-order valence-corrected chi connectivity index (χ3v) is 6.56. The van der Waals surface area contributed by atoms with E-state index in [1.54, 1.807) is 6.07 Å². The maximum Gasteiger partial charge on any atom is 0.255 e. The van der Waals surface area contributed by atoms with Crippen LogP contribution in [-0.2, 0) is 10.0 Å². The number of ether oxygens (including phenoxy) is 1. The first-order chi connectivity index (χ1) is 13.5. The molecular formula is C21H24N2O4S. The molecular weight excluding hydrogens is 376 g/mol. The van der Waals surface area contributed by atoms with Gasteiger partial charge in [-0.15, -0.1) is 0 Å². The second kappa shape index (κ2) is 7.93. The Morgan fingerprint density at radius 2 is 1.68 bits per heavy atom. The zero-order valence-corrected chi connectivity index (χ0v) is 16.4. The third kappa shape index (κ3) is 4.72.